The molecule has 1 aliphatic rings. The minimum atomic E-state index is -4.98. The van der Waals surface area contributed by atoms with Crippen molar-refractivity contribution >= 4 is 22.6 Å². The minimum absolute atomic E-state index is 0.164. The molecule has 8 nitrogen and oxygen atoms in total. The largest absolute Gasteiger partial charge is 0.493 e. The summed E-state index contributed by atoms with van der Waals surface area (Å²) in [5, 5.41) is 20.8. The van der Waals surface area contributed by atoms with Gasteiger partial charge in [-0.2, -0.15) is 13.2 Å². The molecule has 0 bridgehead atoms. The fourth-order valence-electron chi connectivity index (χ4n) is 5.70. The molecular weight excluding hydrogens is 575 g/mol. The zero-order chi connectivity index (χ0) is 31.5. The van der Waals surface area contributed by atoms with Crippen molar-refractivity contribution < 1.29 is 37.7 Å². The SMILES string of the molecule is [C-]#[N+]c1ccc2c(C(O)(CN3CCC(Oc4ccc(CC(=O)O)cc4OC)CC3)C(F)(F)F)cn(Cc3ccccc3)c2c1. The molecule has 1 fully saturated rings. The third-order valence-electron chi connectivity index (χ3n) is 7.97. The van der Waals surface area contributed by atoms with Gasteiger partial charge in [-0.3, -0.25) is 9.69 Å². The van der Waals surface area contributed by atoms with Gasteiger partial charge in [-0.05, 0) is 42.2 Å². The first-order valence-electron chi connectivity index (χ1n) is 14.1. The highest BCUT2D eigenvalue weighted by Gasteiger charge is 2.57. The van der Waals surface area contributed by atoms with E-state index in [1.165, 1.54) is 25.4 Å². The lowest BCUT2D eigenvalue weighted by atomic mass is 9.91. The molecule has 5 rings (SSSR count). The predicted octanol–water partition coefficient (Wildman–Crippen LogP) is 6.17. The van der Waals surface area contributed by atoms with Gasteiger partial charge in [0, 0.05) is 48.8 Å². The second-order valence-corrected chi connectivity index (χ2v) is 11.0. The highest BCUT2D eigenvalue weighted by Crippen LogP contribution is 2.44. The van der Waals surface area contributed by atoms with Crippen LogP contribution in [0.15, 0.2) is 72.9 Å². The molecule has 11 heteroatoms. The summed E-state index contributed by atoms with van der Waals surface area (Å²) in [4.78, 5) is 16.1. The third kappa shape index (κ3) is 6.51. The van der Waals surface area contributed by atoms with E-state index in [4.69, 9.17) is 21.2 Å². The summed E-state index contributed by atoms with van der Waals surface area (Å²) >= 11 is 0. The summed E-state index contributed by atoms with van der Waals surface area (Å²) < 4.78 is 57.5. The van der Waals surface area contributed by atoms with Gasteiger partial charge >= 0.3 is 12.1 Å². The number of carboxylic acids is 1. The van der Waals surface area contributed by atoms with Crippen LogP contribution in [-0.2, 0) is 23.4 Å². The first-order valence-corrected chi connectivity index (χ1v) is 14.1. The predicted molar refractivity (Wildman–Crippen MR) is 158 cm³/mol. The van der Waals surface area contributed by atoms with Crippen LogP contribution in [0.2, 0.25) is 0 Å². The lowest BCUT2D eigenvalue weighted by Gasteiger charge is -2.39. The second kappa shape index (κ2) is 12.6. The molecule has 0 amide bonds. The van der Waals surface area contributed by atoms with Crippen LogP contribution in [0.25, 0.3) is 15.7 Å². The Morgan fingerprint density at radius 1 is 1.02 bits per heavy atom. The number of alkyl halides is 3. The van der Waals surface area contributed by atoms with Crippen molar-refractivity contribution in [1.29, 1.82) is 0 Å². The van der Waals surface area contributed by atoms with Crippen LogP contribution in [0.5, 0.6) is 11.5 Å². The molecule has 2 N–H and O–H groups in total. The van der Waals surface area contributed by atoms with Crippen molar-refractivity contribution in [2.45, 2.75) is 43.7 Å². The molecule has 0 radical (unpaired) electrons. The van der Waals surface area contributed by atoms with Crippen molar-refractivity contribution in [3.05, 3.63) is 101 Å². The second-order valence-electron chi connectivity index (χ2n) is 11.0. The van der Waals surface area contributed by atoms with Crippen LogP contribution in [-0.4, -0.2) is 64.7 Å². The fraction of sp³-hybridized carbons (Fsp3) is 0.333. The number of aromatic nitrogens is 1. The molecule has 4 aromatic rings. The molecule has 44 heavy (non-hydrogen) atoms. The zero-order valence-electron chi connectivity index (χ0n) is 24.1. The number of aliphatic hydroxyl groups is 1. The van der Waals surface area contributed by atoms with Gasteiger partial charge in [0.05, 0.1) is 20.1 Å². The Morgan fingerprint density at radius 2 is 1.75 bits per heavy atom. The van der Waals surface area contributed by atoms with E-state index >= 15 is 0 Å². The van der Waals surface area contributed by atoms with E-state index in [1.807, 2.05) is 30.3 Å². The zero-order valence-corrected chi connectivity index (χ0v) is 24.1. The average molecular weight is 608 g/mol. The average Bonchev–Trinajstić information content (AvgIpc) is 3.36. The van der Waals surface area contributed by atoms with Crippen LogP contribution in [0.1, 0.15) is 29.5 Å². The van der Waals surface area contributed by atoms with Crippen molar-refractivity contribution in [1.82, 2.24) is 9.47 Å². The Balaban J connectivity index is 1.36. The Bertz CT molecular complexity index is 1670. The van der Waals surface area contributed by atoms with Gasteiger partial charge in [0.25, 0.3) is 0 Å². The standard InChI is InChI=1S/C33H32F3N3O5/c1-37-24-9-10-26-27(20-39(28(26)18-24)19-22-6-4-3-5-7-22)32(42,33(34,35)36)21-38-14-12-25(13-15-38)44-29-11-8-23(17-31(40)41)16-30(29)43-2/h3-11,16,18,20,25,42H,12-15,17,19,21H2,2H3,(H,40,41). The number of carbonyl (C=O) groups is 1. The summed E-state index contributed by atoms with van der Waals surface area (Å²) in [6.07, 6.45) is -3.26. The molecule has 230 valence electrons. The van der Waals surface area contributed by atoms with Crippen LogP contribution >= 0.6 is 0 Å². The molecular formula is C33H32F3N3O5. The van der Waals surface area contributed by atoms with Crippen molar-refractivity contribution in [2.24, 2.45) is 0 Å². The molecule has 1 aliphatic heterocycles. The highest BCUT2D eigenvalue weighted by atomic mass is 19.4. The van der Waals surface area contributed by atoms with E-state index in [0.717, 1.165) is 5.56 Å². The summed E-state index contributed by atoms with van der Waals surface area (Å²) in [7, 11) is 1.45. The number of halogens is 3. The Hall–Kier alpha value is -4.53. The number of benzene rings is 3. The van der Waals surface area contributed by atoms with Crippen LogP contribution in [0, 0.1) is 6.57 Å². The molecule has 1 unspecified atom stereocenters. The Morgan fingerprint density at radius 3 is 2.39 bits per heavy atom. The van der Waals surface area contributed by atoms with Gasteiger partial charge < -0.3 is 24.3 Å². The van der Waals surface area contributed by atoms with E-state index in [-0.39, 0.29) is 43.1 Å². The number of nitrogens with zero attached hydrogens (tertiary/aromatic N) is 3. The van der Waals surface area contributed by atoms with Crippen LogP contribution in [0.3, 0.4) is 0 Å². The van der Waals surface area contributed by atoms with Crippen molar-refractivity contribution in [3.8, 4) is 11.5 Å². The lowest BCUT2D eigenvalue weighted by Crippen LogP contribution is -2.53. The number of likely N-dealkylation sites (tertiary alicyclic amines) is 1. The summed E-state index contributed by atoms with van der Waals surface area (Å²) in [5.74, 6) is -0.163. The number of fused-ring (bicyclic) bond motifs is 1. The number of hydrogen-bond acceptors (Lipinski definition) is 5. The van der Waals surface area contributed by atoms with E-state index in [0.29, 0.717) is 41.1 Å². The molecule has 1 saturated heterocycles. The number of rotatable bonds is 10. The molecule has 3 aromatic carbocycles. The van der Waals surface area contributed by atoms with E-state index in [2.05, 4.69) is 4.85 Å². The van der Waals surface area contributed by atoms with Gasteiger partial charge in [-0.1, -0.05) is 48.5 Å². The van der Waals surface area contributed by atoms with Gasteiger partial charge in [0.2, 0.25) is 5.60 Å². The van der Waals surface area contributed by atoms with E-state index in [9.17, 15) is 23.1 Å². The molecule has 0 saturated carbocycles. The summed E-state index contributed by atoms with van der Waals surface area (Å²) in [5.41, 5.74) is -1.26. The lowest BCUT2D eigenvalue weighted by molar-refractivity contribution is -0.272. The number of methoxy groups -OCH3 is 1. The van der Waals surface area contributed by atoms with Gasteiger partial charge in [-0.15, -0.1) is 0 Å². The fourth-order valence-corrected chi connectivity index (χ4v) is 5.70. The first-order chi connectivity index (χ1) is 21.0. The van der Waals surface area contributed by atoms with Gasteiger partial charge in [-0.25, -0.2) is 4.85 Å². The van der Waals surface area contributed by atoms with Crippen LogP contribution in [0.4, 0.5) is 18.9 Å². The Labute approximate surface area is 252 Å². The maximum absolute atomic E-state index is 14.8. The quantitative estimate of drug-likeness (QED) is 0.210. The molecule has 0 aliphatic carbocycles. The minimum Gasteiger partial charge on any atom is -0.493 e. The summed E-state index contributed by atoms with van der Waals surface area (Å²) in [6, 6.07) is 18.6. The monoisotopic (exact) mass is 607 g/mol. The Kier molecular flexibility index (Phi) is 8.85. The number of β-amino-alcohol motifs (C(OH)–C–C–N with tert-alkyl or cyclic N) is 1. The molecule has 1 atom stereocenters. The van der Waals surface area contributed by atoms with Crippen molar-refractivity contribution in [2.75, 3.05) is 26.7 Å². The smallest absolute Gasteiger partial charge is 0.422 e. The van der Waals surface area contributed by atoms with E-state index in [1.54, 1.807) is 33.7 Å². The molecule has 0 spiro atoms. The summed E-state index contributed by atoms with van der Waals surface area (Å²) in [6.45, 7) is 7.52. The van der Waals surface area contributed by atoms with E-state index < -0.39 is 24.3 Å². The normalized spacial score (nSPS) is 15.9. The number of aliphatic carboxylic acids is 1. The topological polar surface area (TPSA) is 88.5 Å². The number of hydrogen-bond donors (Lipinski definition) is 2. The van der Waals surface area contributed by atoms with Crippen molar-refractivity contribution in [3.63, 3.8) is 0 Å². The number of ether oxygens (including phenoxy) is 2. The molecule has 1 aromatic heterocycles. The maximum atomic E-state index is 14.8. The number of carboxylic acid groups (broad SMARTS) is 1. The van der Waals surface area contributed by atoms with Gasteiger partial charge in [0.1, 0.15) is 6.10 Å². The van der Waals surface area contributed by atoms with Crippen LogP contribution < -0.4 is 9.47 Å². The molecule has 2 heterocycles. The highest BCUT2D eigenvalue weighted by molar-refractivity contribution is 5.88. The maximum Gasteiger partial charge on any atom is 0.422 e. The van der Waals surface area contributed by atoms with Gasteiger partial charge in [0.15, 0.2) is 17.2 Å². The first kappa shape index (κ1) is 30.9. The number of piperidine rings is 1. The third-order valence-corrected chi connectivity index (χ3v) is 7.97.